The molecule has 3 heterocycles. The number of aromatic carboxylic acids is 2. The van der Waals surface area contributed by atoms with Crippen LogP contribution in [0.1, 0.15) is 56.3 Å². The average Bonchev–Trinajstić information content (AvgIpc) is 3.62. The Hall–Kier alpha value is -6.05. The molecule has 0 spiro atoms. The molecule has 0 unspecified atom stereocenters. The number of nitrogens with two attached hydrogens (primary N) is 1. The summed E-state index contributed by atoms with van der Waals surface area (Å²) in [5.74, 6) is -1.93. The number of carbonyl (C=O) groups excluding carboxylic acids is 2. The fourth-order valence-electron chi connectivity index (χ4n) is 4.07. The van der Waals surface area contributed by atoms with Gasteiger partial charge in [0.25, 0.3) is 0 Å². The molecule has 14 heteroatoms. The number of amides is 1. The Morgan fingerprint density at radius 1 is 0.622 bits per heavy atom. The monoisotopic (exact) mass is 616 g/mol. The number of aromatic nitrogens is 6. The quantitative estimate of drug-likeness (QED) is 0.192. The van der Waals surface area contributed by atoms with Gasteiger partial charge in [0.1, 0.15) is 0 Å². The van der Waals surface area contributed by atoms with Gasteiger partial charge >= 0.3 is 24.0 Å². The number of benzene rings is 2. The van der Waals surface area contributed by atoms with Gasteiger partial charge in [-0.3, -0.25) is 0 Å². The second kappa shape index (κ2) is 14.4. The first-order chi connectivity index (χ1) is 21.2. The molecule has 2 aromatic carbocycles. The molecule has 0 atom stereocenters. The Morgan fingerprint density at radius 2 is 0.978 bits per heavy atom. The van der Waals surface area contributed by atoms with Crippen LogP contribution in [0.15, 0.2) is 66.7 Å². The normalized spacial score (nSPS) is 10.2. The van der Waals surface area contributed by atoms with Crippen molar-refractivity contribution in [1.82, 2.24) is 29.3 Å². The molecule has 0 bridgehead atoms. The van der Waals surface area contributed by atoms with Crippen LogP contribution in [0, 0.1) is 41.5 Å². The highest BCUT2D eigenvalue weighted by Crippen LogP contribution is 2.11. The molecule has 0 saturated carbocycles. The van der Waals surface area contributed by atoms with Gasteiger partial charge in [-0.2, -0.15) is 29.3 Å². The lowest BCUT2D eigenvalue weighted by Crippen LogP contribution is -2.23. The number of hydrogen-bond acceptors (Lipinski definition) is 8. The molecule has 0 radical (unpaired) electrons. The molecule has 0 aliphatic rings. The van der Waals surface area contributed by atoms with E-state index in [-0.39, 0.29) is 24.6 Å². The molecular weight excluding hydrogens is 580 g/mol. The lowest BCUT2D eigenvalue weighted by molar-refractivity contribution is 0.0686. The zero-order valence-electron chi connectivity index (χ0n) is 25.6. The number of nitrogens with one attached hydrogen (secondary N) is 1. The Balaban J connectivity index is 0.000000248. The van der Waals surface area contributed by atoms with Crippen LogP contribution in [0.25, 0.3) is 0 Å². The van der Waals surface area contributed by atoms with Crippen LogP contribution in [0.3, 0.4) is 0 Å². The highest BCUT2D eigenvalue weighted by molar-refractivity contribution is 5.92. The minimum absolute atomic E-state index is 0. The van der Waals surface area contributed by atoms with Gasteiger partial charge < -0.3 is 21.3 Å². The number of carbonyl (C=O) groups is 4. The maximum absolute atomic E-state index is 12.1. The minimum atomic E-state index is -1.00. The molecule has 5 N–H and O–H groups in total. The van der Waals surface area contributed by atoms with Gasteiger partial charge in [0.2, 0.25) is 0 Å². The van der Waals surface area contributed by atoms with Gasteiger partial charge in [-0.15, -0.1) is 0 Å². The van der Waals surface area contributed by atoms with Crippen LogP contribution in [-0.2, 0) is 0 Å². The van der Waals surface area contributed by atoms with E-state index in [2.05, 4.69) is 20.6 Å². The van der Waals surface area contributed by atoms with Crippen molar-refractivity contribution in [2.45, 2.75) is 41.5 Å². The lowest BCUT2D eigenvalue weighted by Gasteiger charge is -2.06. The first-order valence-corrected chi connectivity index (χ1v) is 13.5. The van der Waals surface area contributed by atoms with Gasteiger partial charge in [-0.1, -0.05) is 0 Å². The summed E-state index contributed by atoms with van der Waals surface area (Å²) in [5.41, 5.74) is 11.6. The molecule has 1 amide bonds. The predicted molar refractivity (Wildman–Crippen MR) is 169 cm³/mol. The summed E-state index contributed by atoms with van der Waals surface area (Å²) in [5, 5.41) is 32.2. The second-order valence-corrected chi connectivity index (χ2v) is 10.0. The van der Waals surface area contributed by atoms with E-state index in [0.29, 0.717) is 11.4 Å². The van der Waals surface area contributed by atoms with E-state index in [1.165, 1.54) is 50.4 Å². The average molecular weight is 617 g/mol. The SMILES string of the molecule is Cc1cc(C)n(C(=O)Nc2ccc(C(=O)O)cc2)n1.Cc1cc(C)n(C(=O)n2nc(C)cc2C)n1.Nc1ccc(C(=O)O)cc1.[HH]. The van der Waals surface area contributed by atoms with Gasteiger partial charge in [-0.05, 0) is 108 Å². The molecule has 236 valence electrons. The summed E-state index contributed by atoms with van der Waals surface area (Å²) >= 11 is 0. The van der Waals surface area contributed by atoms with Gasteiger partial charge in [-0.25, -0.2) is 19.2 Å². The van der Waals surface area contributed by atoms with Gasteiger partial charge in [0, 0.05) is 29.9 Å². The molecule has 0 aliphatic heterocycles. The Kier molecular flexibility index (Phi) is 10.7. The van der Waals surface area contributed by atoms with Crippen LogP contribution >= 0.6 is 0 Å². The molecule has 0 fully saturated rings. The third-order valence-electron chi connectivity index (χ3n) is 6.12. The molecule has 5 rings (SSSR count). The van der Waals surface area contributed by atoms with Crippen molar-refractivity contribution < 1.29 is 30.8 Å². The van der Waals surface area contributed by atoms with E-state index >= 15 is 0 Å². The number of anilines is 2. The van der Waals surface area contributed by atoms with Crippen LogP contribution in [0.4, 0.5) is 21.0 Å². The predicted octanol–water partition coefficient (Wildman–Crippen LogP) is 5.32. The summed E-state index contributed by atoms with van der Waals surface area (Å²) in [6, 6.07) is 16.9. The number of hydrogen-bond donors (Lipinski definition) is 4. The van der Waals surface area contributed by atoms with E-state index in [4.69, 9.17) is 15.9 Å². The van der Waals surface area contributed by atoms with Crippen molar-refractivity contribution in [2.75, 3.05) is 11.1 Å². The van der Waals surface area contributed by atoms with E-state index in [1.807, 2.05) is 39.8 Å². The first kappa shape index (κ1) is 33.5. The van der Waals surface area contributed by atoms with Crippen molar-refractivity contribution in [3.05, 3.63) is 112 Å². The van der Waals surface area contributed by atoms with E-state index in [0.717, 1.165) is 34.2 Å². The van der Waals surface area contributed by atoms with Crippen LogP contribution < -0.4 is 11.1 Å². The fourth-order valence-corrected chi connectivity index (χ4v) is 4.07. The van der Waals surface area contributed by atoms with Crippen LogP contribution in [-0.4, -0.2) is 63.6 Å². The van der Waals surface area contributed by atoms with E-state index in [1.54, 1.807) is 32.0 Å². The molecular formula is C31H36N8O6. The number of carboxylic acids is 2. The number of nitrogens with zero attached hydrogens (tertiary/aromatic N) is 6. The third-order valence-corrected chi connectivity index (χ3v) is 6.12. The molecule has 5 aromatic rings. The van der Waals surface area contributed by atoms with Crippen molar-refractivity contribution in [3.8, 4) is 0 Å². The summed E-state index contributed by atoms with van der Waals surface area (Å²) in [6.45, 7) is 11.0. The smallest absolute Gasteiger partial charge is 0.369 e. The van der Waals surface area contributed by atoms with E-state index in [9.17, 15) is 19.2 Å². The topological polar surface area (TPSA) is 200 Å². The highest BCUT2D eigenvalue weighted by atomic mass is 16.4. The van der Waals surface area contributed by atoms with Gasteiger partial charge in [0.15, 0.2) is 0 Å². The van der Waals surface area contributed by atoms with Crippen molar-refractivity contribution in [3.63, 3.8) is 0 Å². The summed E-state index contributed by atoms with van der Waals surface area (Å²) < 4.78 is 4.00. The zero-order chi connectivity index (χ0) is 33.4. The maximum atomic E-state index is 12.1. The molecule has 14 nitrogen and oxygen atoms in total. The van der Waals surface area contributed by atoms with Crippen molar-refractivity contribution >= 4 is 35.4 Å². The second-order valence-electron chi connectivity index (χ2n) is 10.0. The number of nitrogen functional groups attached to an aromatic ring is 1. The van der Waals surface area contributed by atoms with Gasteiger partial charge in [0.05, 0.1) is 28.2 Å². The molecule has 3 aromatic heterocycles. The summed E-state index contributed by atoms with van der Waals surface area (Å²) in [6.07, 6.45) is 0. The van der Waals surface area contributed by atoms with Crippen LogP contribution in [0.2, 0.25) is 0 Å². The standard InChI is InChI=1S/C13H13N3O3.C11H14N4O.C7H7NO2.H2/c1-8-7-9(2)16(15-8)13(19)14-11-5-3-10(4-6-11)12(17)18;1-7-5-9(3)14(12-7)11(16)15-10(4)6-8(2)13-15;8-6-3-1-5(2-4-6)7(9)10;/h3-7H,1-2H3,(H,14,19)(H,17,18);5-6H,1-4H3;1-4H,8H2,(H,9,10);1H. The first-order valence-electron chi connectivity index (χ1n) is 13.5. The lowest BCUT2D eigenvalue weighted by atomic mass is 10.2. The molecule has 0 saturated heterocycles. The third kappa shape index (κ3) is 8.97. The number of rotatable bonds is 3. The number of aryl methyl sites for hydroxylation is 6. The largest absolute Gasteiger partial charge is 0.478 e. The van der Waals surface area contributed by atoms with Crippen LogP contribution in [0.5, 0.6) is 0 Å². The zero-order valence-corrected chi connectivity index (χ0v) is 25.6. The molecule has 45 heavy (non-hydrogen) atoms. The molecule has 0 aliphatic carbocycles. The summed E-state index contributed by atoms with van der Waals surface area (Å²) in [7, 11) is 0. The Morgan fingerprint density at radius 3 is 1.31 bits per heavy atom. The highest BCUT2D eigenvalue weighted by Gasteiger charge is 2.15. The maximum Gasteiger partial charge on any atom is 0.369 e. The van der Waals surface area contributed by atoms with E-state index < -0.39 is 11.9 Å². The Labute approximate surface area is 260 Å². The minimum Gasteiger partial charge on any atom is -0.478 e. The van der Waals surface area contributed by atoms with Crippen molar-refractivity contribution in [2.24, 2.45) is 0 Å². The number of carboxylic acid groups (broad SMARTS) is 2. The summed E-state index contributed by atoms with van der Waals surface area (Å²) in [4.78, 5) is 45.0. The van der Waals surface area contributed by atoms with Crippen molar-refractivity contribution in [1.29, 1.82) is 0 Å². The fraction of sp³-hybridized carbons (Fsp3) is 0.194. The Bertz CT molecular complexity index is 1790.